The third-order valence-electron chi connectivity index (χ3n) is 12.6. The molecule has 0 radical (unpaired) electrons. The van der Waals surface area contributed by atoms with Crippen molar-refractivity contribution in [2.24, 2.45) is 4.99 Å². The van der Waals surface area contributed by atoms with Crippen molar-refractivity contribution in [1.29, 1.82) is 0 Å². The van der Waals surface area contributed by atoms with Gasteiger partial charge in [-0.1, -0.05) is 152 Å². The lowest BCUT2D eigenvalue weighted by Crippen LogP contribution is -2.13. The zero-order valence-corrected chi connectivity index (χ0v) is 30.9. The molecule has 12 rings (SSSR count). The molecule has 1 aliphatic heterocycles. The van der Waals surface area contributed by atoms with Gasteiger partial charge in [-0.05, 0) is 115 Å². The zero-order valence-electron chi connectivity index (χ0n) is 30.9. The van der Waals surface area contributed by atoms with Crippen LogP contribution in [0.5, 0.6) is 0 Å². The van der Waals surface area contributed by atoms with E-state index in [1.807, 2.05) is 6.07 Å². The summed E-state index contributed by atoms with van der Waals surface area (Å²) in [6, 6.07) is 60.2. The van der Waals surface area contributed by atoms with Gasteiger partial charge in [0.2, 0.25) is 0 Å². The van der Waals surface area contributed by atoms with Gasteiger partial charge in [-0.2, -0.15) is 0 Å². The molecule has 2 aliphatic rings. The van der Waals surface area contributed by atoms with Gasteiger partial charge in [0.25, 0.3) is 0 Å². The fourth-order valence-electron chi connectivity index (χ4n) is 10.1. The minimum atomic E-state index is 0.132. The molecule has 0 amide bonds. The van der Waals surface area contributed by atoms with Gasteiger partial charge in [0.05, 0.1) is 5.71 Å². The number of fused-ring (bicyclic) bond motifs is 16. The molecule has 0 saturated carbocycles. The third kappa shape index (κ3) is 4.72. The maximum Gasteiger partial charge on any atom is 0.136 e. The van der Waals surface area contributed by atoms with Crippen molar-refractivity contribution >= 4 is 70.7 Å². The number of furan rings is 1. The molecular formula is C54H37NO. The third-order valence-corrected chi connectivity index (χ3v) is 12.6. The van der Waals surface area contributed by atoms with Crippen molar-refractivity contribution in [1.82, 2.24) is 0 Å². The highest BCUT2D eigenvalue weighted by Gasteiger charge is 2.29. The molecule has 2 heterocycles. The molecule has 0 N–H and O–H groups in total. The Hall–Kier alpha value is -6.77. The van der Waals surface area contributed by atoms with Crippen LogP contribution >= 0.6 is 0 Å². The smallest absolute Gasteiger partial charge is 0.136 e. The Kier molecular flexibility index (Phi) is 6.98. The topological polar surface area (TPSA) is 25.5 Å². The van der Waals surface area contributed by atoms with Crippen LogP contribution in [0.25, 0.3) is 76.2 Å². The average molecular weight is 716 g/mol. The van der Waals surface area contributed by atoms with Gasteiger partial charge in [0.15, 0.2) is 0 Å². The van der Waals surface area contributed by atoms with Crippen LogP contribution in [0.1, 0.15) is 46.6 Å². The Balaban J connectivity index is 1.08. The van der Waals surface area contributed by atoms with E-state index < -0.39 is 0 Å². The minimum absolute atomic E-state index is 0.132. The van der Waals surface area contributed by atoms with Crippen LogP contribution in [0.4, 0.5) is 0 Å². The Morgan fingerprint density at radius 1 is 0.500 bits per heavy atom. The molecule has 1 aromatic heterocycles. The maximum atomic E-state index is 6.46. The molecule has 1 unspecified atom stereocenters. The first-order valence-corrected chi connectivity index (χ1v) is 19.9. The molecule has 0 saturated heterocycles. The predicted molar refractivity (Wildman–Crippen MR) is 235 cm³/mol. The number of para-hydroxylation sites is 1. The molecule has 0 spiro atoms. The molecule has 9 aromatic carbocycles. The number of hydrogen-bond acceptors (Lipinski definition) is 2. The van der Waals surface area contributed by atoms with E-state index in [1.165, 1.54) is 76.5 Å². The van der Waals surface area contributed by atoms with Crippen molar-refractivity contribution in [3.8, 4) is 11.1 Å². The van der Waals surface area contributed by atoms with Crippen LogP contribution in [0.3, 0.4) is 0 Å². The highest BCUT2D eigenvalue weighted by atomic mass is 16.3. The van der Waals surface area contributed by atoms with Crippen molar-refractivity contribution in [2.45, 2.75) is 31.6 Å². The molecule has 1 aliphatic carbocycles. The number of aryl methyl sites for hydroxylation is 2. The van der Waals surface area contributed by atoms with E-state index in [-0.39, 0.29) is 5.92 Å². The van der Waals surface area contributed by atoms with Crippen molar-refractivity contribution in [2.75, 3.05) is 0 Å². The van der Waals surface area contributed by atoms with E-state index >= 15 is 0 Å². The number of allylic oxidation sites excluding steroid dienone is 2. The first kappa shape index (κ1) is 31.6. The van der Waals surface area contributed by atoms with Gasteiger partial charge in [-0.3, -0.25) is 4.99 Å². The quantitative estimate of drug-likeness (QED) is 0.164. The predicted octanol–water partition coefficient (Wildman–Crippen LogP) is 14.3. The fourth-order valence-corrected chi connectivity index (χ4v) is 10.1. The van der Waals surface area contributed by atoms with Crippen molar-refractivity contribution in [3.05, 3.63) is 203 Å². The standard InChI is InChI=1S/C54H37NO/c1-2-13-36-33(12-1)24-31-48-37(36)21-11-22-49(55-54(48)35-27-29-44-43-18-9-10-23-50(43)56-51(44)32-35)42-28-25-34-26-30-47-40-16-4-3-14-38(40)39-15-5-8-20-46(39)53(47)52(34)45-19-7-6-17-41(42)45/h1-10,12-20,22-24,26-27,29-32,42H,11,21,25,28H2. The lowest BCUT2D eigenvalue weighted by molar-refractivity contribution is 0.669. The summed E-state index contributed by atoms with van der Waals surface area (Å²) >= 11 is 0. The molecule has 0 bridgehead atoms. The second kappa shape index (κ2) is 12.4. The lowest BCUT2D eigenvalue weighted by atomic mass is 9.84. The van der Waals surface area contributed by atoms with Crippen LogP contribution in [-0.4, -0.2) is 5.71 Å². The minimum Gasteiger partial charge on any atom is -0.456 e. The van der Waals surface area contributed by atoms with Crippen molar-refractivity contribution in [3.63, 3.8) is 0 Å². The normalized spacial score (nSPS) is 15.6. The van der Waals surface area contributed by atoms with Gasteiger partial charge >= 0.3 is 0 Å². The number of hydrogen-bond donors (Lipinski definition) is 0. The fraction of sp³-hybridized carbons (Fsp3) is 0.0926. The van der Waals surface area contributed by atoms with E-state index in [0.717, 1.165) is 64.6 Å². The maximum absolute atomic E-state index is 6.46. The summed E-state index contributed by atoms with van der Waals surface area (Å²) < 4.78 is 6.46. The Labute approximate surface area is 325 Å². The number of nitrogens with zero attached hydrogens (tertiary/aromatic N) is 1. The number of rotatable bonds is 2. The molecule has 2 nitrogen and oxygen atoms in total. The lowest BCUT2D eigenvalue weighted by Gasteiger charge is -2.23. The summed E-state index contributed by atoms with van der Waals surface area (Å²) in [6.45, 7) is 0. The second-order valence-corrected chi connectivity index (χ2v) is 15.5. The van der Waals surface area contributed by atoms with Gasteiger partial charge < -0.3 is 4.42 Å². The van der Waals surface area contributed by atoms with Crippen molar-refractivity contribution < 1.29 is 4.42 Å². The molecule has 1 atom stereocenters. The Bertz CT molecular complexity index is 3290. The second-order valence-electron chi connectivity index (χ2n) is 15.5. The summed E-state index contributed by atoms with van der Waals surface area (Å²) in [5.41, 5.74) is 13.1. The summed E-state index contributed by atoms with van der Waals surface area (Å²) in [4.78, 5) is 5.83. The molecule has 0 fully saturated rings. The summed E-state index contributed by atoms with van der Waals surface area (Å²) in [7, 11) is 0. The van der Waals surface area contributed by atoms with E-state index in [9.17, 15) is 0 Å². The van der Waals surface area contributed by atoms with Crippen LogP contribution in [-0.2, 0) is 12.8 Å². The molecule has 56 heavy (non-hydrogen) atoms. The van der Waals surface area contributed by atoms with Gasteiger partial charge in [-0.25, -0.2) is 0 Å². The number of aliphatic imine (C=N–C) groups is 1. The average Bonchev–Trinajstić information content (AvgIpc) is 3.53. The zero-order chi connectivity index (χ0) is 36.7. The highest BCUT2D eigenvalue weighted by Crippen LogP contribution is 2.48. The Morgan fingerprint density at radius 2 is 1.16 bits per heavy atom. The Morgan fingerprint density at radius 3 is 2.02 bits per heavy atom. The molecule has 2 heteroatoms. The van der Waals surface area contributed by atoms with E-state index in [0.29, 0.717) is 0 Å². The van der Waals surface area contributed by atoms with Crippen LogP contribution < -0.4 is 0 Å². The van der Waals surface area contributed by atoms with Gasteiger partial charge in [0, 0.05) is 33.5 Å². The number of benzene rings is 9. The molecule has 10 aromatic rings. The monoisotopic (exact) mass is 715 g/mol. The highest BCUT2D eigenvalue weighted by molar-refractivity contribution is 6.29. The van der Waals surface area contributed by atoms with Gasteiger partial charge in [-0.15, -0.1) is 0 Å². The summed E-state index contributed by atoms with van der Waals surface area (Å²) in [5, 5.41) is 12.8. The van der Waals surface area contributed by atoms with Crippen LogP contribution in [0.15, 0.2) is 185 Å². The van der Waals surface area contributed by atoms with E-state index in [1.54, 1.807) is 0 Å². The van der Waals surface area contributed by atoms with Crippen LogP contribution in [0.2, 0.25) is 0 Å². The van der Waals surface area contributed by atoms with Crippen LogP contribution in [0, 0.1) is 0 Å². The summed E-state index contributed by atoms with van der Waals surface area (Å²) in [5.74, 6) is 0.132. The van der Waals surface area contributed by atoms with E-state index in [4.69, 9.17) is 9.41 Å². The summed E-state index contributed by atoms with van der Waals surface area (Å²) in [6.07, 6.45) is 6.28. The first-order valence-electron chi connectivity index (χ1n) is 19.9. The van der Waals surface area contributed by atoms with Gasteiger partial charge in [0.1, 0.15) is 11.2 Å². The SMILES string of the molecule is C1=C(C2CCc3ccc4c5ccccc5c5ccccc5c4c3-c3ccccc32)N=C(c2ccc3c(c2)oc2ccccc23)c2ccc3ccccc3c2CC1. The molecule has 264 valence electrons. The van der Waals surface area contributed by atoms with E-state index in [2.05, 4.69) is 164 Å². The molecular weight excluding hydrogens is 679 g/mol. The first-order chi connectivity index (χ1) is 27.8. The largest absolute Gasteiger partial charge is 0.456 e.